The van der Waals surface area contributed by atoms with Crippen LogP contribution in [0.2, 0.25) is 0 Å². The minimum absolute atomic E-state index is 0.0621. The van der Waals surface area contributed by atoms with Gasteiger partial charge in [-0.1, -0.05) is 35.9 Å². The van der Waals surface area contributed by atoms with Gasteiger partial charge in [0.2, 0.25) is 0 Å². The molecule has 1 aliphatic rings. The Morgan fingerprint density at radius 2 is 1.58 bits per heavy atom. The predicted octanol–water partition coefficient (Wildman–Crippen LogP) is 1.98. The molecule has 0 bridgehead atoms. The van der Waals surface area contributed by atoms with Crippen LogP contribution in [0.4, 0.5) is 4.79 Å². The molecule has 0 spiro atoms. The minimum Gasteiger partial charge on any atom is -0.446 e. The molecule has 1 atom stereocenters. The number of rotatable bonds is 5. The largest absolute Gasteiger partial charge is 0.446 e. The van der Waals surface area contributed by atoms with Crippen molar-refractivity contribution in [3.8, 4) is 0 Å². The molecular weight excluding hydrogens is 378 g/mol. The van der Waals surface area contributed by atoms with Crippen LogP contribution in [-0.4, -0.2) is 45.6 Å². The van der Waals surface area contributed by atoms with E-state index in [1.54, 1.807) is 37.3 Å². The van der Waals surface area contributed by atoms with E-state index in [0.29, 0.717) is 4.31 Å². The molecule has 1 fully saturated rings. The summed E-state index contributed by atoms with van der Waals surface area (Å²) in [5.74, 6) is -0.548. The summed E-state index contributed by atoms with van der Waals surface area (Å²) in [6.07, 6.45) is -1.07. The Bertz CT molecular complexity index is 1010. The monoisotopic (exact) mass is 395 g/mol. The van der Waals surface area contributed by atoms with Gasteiger partial charge in [0.1, 0.15) is 12.6 Å². The van der Waals surface area contributed by atoms with Crippen molar-refractivity contribution in [1.29, 1.82) is 0 Å². The number of cyclic esters (lactones) is 1. The molecule has 3 rings (SSSR count). The van der Waals surface area contributed by atoms with E-state index in [1.807, 2.05) is 0 Å². The molecule has 1 amide bonds. The Labute approximate surface area is 152 Å². The van der Waals surface area contributed by atoms with E-state index in [9.17, 15) is 21.6 Å². The normalized spacial score (nSPS) is 18.0. The van der Waals surface area contributed by atoms with Crippen LogP contribution in [0.3, 0.4) is 0 Å². The summed E-state index contributed by atoms with van der Waals surface area (Å²) in [6, 6.07) is 12.5. The lowest BCUT2D eigenvalue weighted by molar-refractivity contribution is 0.170. The Hall–Kier alpha value is -2.39. The molecule has 1 saturated heterocycles. The quantitative estimate of drug-likeness (QED) is 0.768. The SMILES string of the molecule is Cc1ccc(S(=O)(=O)N2C(=O)OC[C@@H]2CS(=O)(=O)c2ccccc2)cc1. The van der Waals surface area contributed by atoms with E-state index >= 15 is 0 Å². The van der Waals surface area contributed by atoms with Crippen molar-refractivity contribution in [3.05, 3.63) is 60.2 Å². The van der Waals surface area contributed by atoms with Crippen LogP contribution in [0, 0.1) is 6.92 Å². The van der Waals surface area contributed by atoms with Crippen LogP contribution in [0.1, 0.15) is 5.56 Å². The van der Waals surface area contributed by atoms with Crippen LogP contribution in [-0.2, 0) is 24.6 Å². The lowest BCUT2D eigenvalue weighted by atomic mass is 10.2. The molecule has 1 aliphatic heterocycles. The number of sulfonamides is 1. The second kappa shape index (κ2) is 6.73. The summed E-state index contributed by atoms with van der Waals surface area (Å²) in [4.78, 5) is 12.0. The molecule has 1 heterocycles. The van der Waals surface area contributed by atoms with Gasteiger partial charge in [0.05, 0.1) is 15.5 Å². The third kappa shape index (κ3) is 3.45. The third-order valence-corrected chi connectivity index (χ3v) is 7.65. The van der Waals surface area contributed by atoms with Crippen molar-refractivity contribution in [2.45, 2.75) is 22.8 Å². The van der Waals surface area contributed by atoms with Gasteiger partial charge >= 0.3 is 6.09 Å². The van der Waals surface area contributed by atoms with Gasteiger partial charge in [-0.15, -0.1) is 0 Å². The van der Waals surface area contributed by atoms with Gasteiger partial charge in [-0.05, 0) is 31.2 Å². The fraction of sp³-hybridized carbons (Fsp3) is 0.235. The maximum Gasteiger partial charge on any atom is 0.424 e. The summed E-state index contributed by atoms with van der Waals surface area (Å²) in [6.45, 7) is 1.49. The van der Waals surface area contributed by atoms with Crippen molar-refractivity contribution >= 4 is 26.0 Å². The maximum atomic E-state index is 12.8. The Morgan fingerprint density at radius 3 is 2.19 bits per heavy atom. The molecule has 2 aromatic rings. The molecule has 0 saturated carbocycles. The Kier molecular flexibility index (Phi) is 4.76. The number of carbonyl (C=O) groups is 1. The number of sulfone groups is 1. The minimum atomic E-state index is -4.21. The Morgan fingerprint density at radius 1 is 0.962 bits per heavy atom. The zero-order chi connectivity index (χ0) is 18.9. The Balaban J connectivity index is 1.93. The van der Waals surface area contributed by atoms with Gasteiger partial charge in [-0.25, -0.2) is 21.6 Å². The second-order valence-corrected chi connectivity index (χ2v) is 9.79. The molecule has 0 aromatic heterocycles. The number of benzene rings is 2. The van der Waals surface area contributed by atoms with Gasteiger partial charge < -0.3 is 4.74 Å². The molecule has 2 aromatic carbocycles. The first kappa shape index (κ1) is 18.4. The standard InChI is InChI=1S/C17H17NO6S2/c1-13-7-9-16(10-8-13)26(22,23)18-14(11-24-17(18)19)12-25(20,21)15-5-3-2-4-6-15/h2-10,14H,11-12H2,1H3/t14-/m1/s1. The van der Waals surface area contributed by atoms with Gasteiger partial charge in [0.15, 0.2) is 9.84 Å². The van der Waals surface area contributed by atoms with Crippen molar-refractivity contribution in [2.24, 2.45) is 0 Å². The van der Waals surface area contributed by atoms with E-state index in [-0.39, 0.29) is 16.4 Å². The van der Waals surface area contributed by atoms with E-state index in [1.165, 1.54) is 24.3 Å². The lowest BCUT2D eigenvalue weighted by Gasteiger charge is -2.21. The van der Waals surface area contributed by atoms with Gasteiger partial charge in [0, 0.05) is 0 Å². The molecule has 0 radical (unpaired) electrons. The summed E-state index contributed by atoms with van der Waals surface area (Å²) in [5, 5.41) is 0. The van der Waals surface area contributed by atoms with Crippen molar-refractivity contribution in [1.82, 2.24) is 4.31 Å². The number of ether oxygens (including phenoxy) is 1. The van der Waals surface area contributed by atoms with E-state index in [4.69, 9.17) is 4.74 Å². The van der Waals surface area contributed by atoms with Crippen LogP contribution in [0.15, 0.2) is 64.4 Å². The summed E-state index contributed by atoms with van der Waals surface area (Å²) < 4.78 is 56.1. The number of hydrogen-bond acceptors (Lipinski definition) is 6. The number of hydrogen-bond donors (Lipinski definition) is 0. The van der Waals surface area contributed by atoms with Crippen LogP contribution < -0.4 is 0 Å². The van der Waals surface area contributed by atoms with Crippen LogP contribution >= 0.6 is 0 Å². The smallest absolute Gasteiger partial charge is 0.424 e. The molecule has 0 unspecified atom stereocenters. The first-order valence-electron chi connectivity index (χ1n) is 7.77. The average molecular weight is 395 g/mol. The first-order chi connectivity index (χ1) is 12.2. The van der Waals surface area contributed by atoms with E-state index < -0.39 is 37.7 Å². The zero-order valence-corrected chi connectivity index (χ0v) is 15.5. The predicted molar refractivity (Wildman–Crippen MR) is 93.8 cm³/mol. The summed E-state index contributed by atoms with van der Waals surface area (Å²) in [5.41, 5.74) is 0.858. The number of aryl methyl sites for hydroxylation is 1. The molecule has 138 valence electrons. The highest BCUT2D eigenvalue weighted by Crippen LogP contribution is 2.26. The highest BCUT2D eigenvalue weighted by molar-refractivity contribution is 7.91. The van der Waals surface area contributed by atoms with Crippen LogP contribution in [0.5, 0.6) is 0 Å². The second-order valence-electron chi connectivity index (χ2n) is 5.94. The highest BCUT2D eigenvalue weighted by atomic mass is 32.2. The van der Waals surface area contributed by atoms with Gasteiger partial charge in [0.25, 0.3) is 10.0 Å². The molecule has 9 heteroatoms. The average Bonchev–Trinajstić information content (AvgIpc) is 2.96. The lowest BCUT2D eigenvalue weighted by Crippen LogP contribution is -2.42. The highest BCUT2D eigenvalue weighted by Gasteiger charge is 2.44. The zero-order valence-electron chi connectivity index (χ0n) is 13.9. The van der Waals surface area contributed by atoms with Crippen LogP contribution in [0.25, 0.3) is 0 Å². The fourth-order valence-corrected chi connectivity index (χ4v) is 5.75. The fourth-order valence-electron chi connectivity index (χ4n) is 2.66. The molecular formula is C17H17NO6S2. The number of nitrogens with zero attached hydrogens (tertiary/aromatic N) is 1. The molecule has 26 heavy (non-hydrogen) atoms. The number of amides is 1. The van der Waals surface area contributed by atoms with E-state index in [0.717, 1.165) is 5.56 Å². The maximum absolute atomic E-state index is 12.8. The molecule has 7 nitrogen and oxygen atoms in total. The molecule has 0 aliphatic carbocycles. The molecule has 0 N–H and O–H groups in total. The van der Waals surface area contributed by atoms with E-state index in [2.05, 4.69) is 0 Å². The summed E-state index contributed by atoms with van der Waals surface area (Å²) in [7, 11) is -8.00. The van der Waals surface area contributed by atoms with Gasteiger partial charge in [-0.2, -0.15) is 4.31 Å². The summed E-state index contributed by atoms with van der Waals surface area (Å²) >= 11 is 0. The van der Waals surface area contributed by atoms with Gasteiger partial charge in [-0.3, -0.25) is 0 Å². The van der Waals surface area contributed by atoms with Crippen molar-refractivity contribution in [2.75, 3.05) is 12.4 Å². The third-order valence-electron chi connectivity index (χ3n) is 4.00. The number of carbonyl (C=O) groups excluding carboxylic acids is 1. The topological polar surface area (TPSA) is 97.8 Å². The van der Waals surface area contributed by atoms with Crippen molar-refractivity contribution < 1.29 is 26.4 Å². The first-order valence-corrected chi connectivity index (χ1v) is 10.9. The van der Waals surface area contributed by atoms with Crippen molar-refractivity contribution in [3.63, 3.8) is 0 Å².